The molecule has 1 aliphatic rings. The summed E-state index contributed by atoms with van der Waals surface area (Å²) in [6.45, 7) is 4.90. The average Bonchev–Trinajstić information content (AvgIpc) is 2.45. The van der Waals surface area contributed by atoms with E-state index in [-0.39, 0.29) is 5.56 Å². The number of hydrogen-bond acceptors (Lipinski definition) is 3. The third-order valence-corrected chi connectivity index (χ3v) is 3.00. The van der Waals surface area contributed by atoms with Crippen molar-refractivity contribution < 1.29 is 27.4 Å². The molecule has 0 radical (unpaired) electrons. The fourth-order valence-electron chi connectivity index (χ4n) is 1.99. The van der Waals surface area contributed by atoms with Crippen LogP contribution >= 0.6 is 0 Å². The lowest BCUT2D eigenvalue weighted by atomic mass is 10.1. The summed E-state index contributed by atoms with van der Waals surface area (Å²) < 4.78 is 46.5. The Balaban J connectivity index is 2.32. The number of morpholine rings is 1. The Bertz CT molecular complexity index is 537. The van der Waals surface area contributed by atoms with Gasteiger partial charge in [-0.1, -0.05) is 18.7 Å². The Labute approximate surface area is 119 Å². The molecule has 1 aliphatic heterocycles. The van der Waals surface area contributed by atoms with E-state index in [2.05, 4.69) is 11.3 Å². The second kappa shape index (κ2) is 6.17. The summed E-state index contributed by atoms with van der Waals surface area (Å²) in [6, 6.07) is 3.98. The molecule has 0 aliphatic carbocycles. The first kappa shape index (κ1) is 15.4. The summed E-state index contributed by atoms with van der Waals surface area (Å²) >= 11 is 0. The summed E-state index contributed by atoms with van der Waals surface area (Å²) in [6.07, 6.45) is -3.48. The maximum absolute atomic E-state index is 12.5. The van der Waals surface area contributed by atoms with Gasteiger partial charge in [0.05, 0.1) is 18.8 Å². The quantitative estimate of drug-likeness (QED) is 0.861. The Morgan fingerprint density at radius 1 is 1.33 bits per heavy atom. The van der Waals surface area contributed by atoms with E-state index in [0.717, 1.165) is 6.07 Å². The molecule has 1 aromatic rings. The van der Waals surface area contributed by atoms with Crippen molar-refractivity contribution in [2.45, 2.75) is 6.36 Å². The van der Waals surface area contributed by atoms with Crippen molar-refractivity contribution in [3.63, 3.8) is 0 Å². The smallest absolute Gasteiger partial charge is 0.405 e. The minimum absolute atomic E-state index is 0.125. The number of halogens is 3. The van der Waals surface area contributed by atoms with Gasteiger partial charge >= 0.3 is 6.36 Å². The lowest BCUT2D eigenvalue weighted by Gasteiger charge is -2.27. The highest BCUT2D eigenvalue weighted by Gasteiger charge is 2.33. The molecule has 0 unspecified atom stereocenters. The van der Waals surface area contributed by atoms with E-state index < -0.39 is 18.0 Å². The molecule has 0 spiro atoms. The van der Waals surface area contributed by atoms with Gasteiger partial charge in [0, 0.05) is 13.1 Å². The summed E-state index contributed by atoms with van der Waals surface area (Å²) in [5.74, 6) is -1.02. The molecule has 2 rings (SSSR count). The molecule has 1 saturated heterocycles. The highest BCUT2D eigenvalue weighted by atomic mass is 19.4. The van der Waals surface area contributed by atoms with Crippen LogP contribution in [0.5, 0.6) is 5.75 Å². The number of amides is 1. The van der Waals surface area contributed by atoms with Gasteiger partial charge in [0.15, 0.2) is 0 Å². The van der Waals surface area contributed by atoms with Crippen LogP contribution in [-0.4, -0.2) is 43.5 Å². The summed E-state index contributed by atoms with van der Waals surface area (Å²) in [4.78, 5) is 13.7. The van der Waals surface area contributed by atoms with Crippen molar-refractivity contribution in [1.82, 2.24) is 4.90 Å². The Kier molecular flexibility index (Phi) is 4.52. The van der Waals surface area contributed by atoms with Crippen LogP contribution in [0.3, 0.4) is 0 Å². The molecule has 114 valence electrons. The van der Waals surface area contributed by atoms with Gasteiger partial charge in [-0.25, -0.2) is 0 Å². The summed E-state index contributed by atoms with van der Waals surface area (Å²) in [5.41, 5.74) is 0.313. The highest BCUT2D eigenvalue weighted by Crippen LogP contribution is 2.29. The van der Waals surface area contributed by atoms with Crippen LogP contribution in [0.25, 0.3) is 6.08 Å². The van der Waals surface area contributed by atoms with Gasteiger partial charge in [0.2, 0.25) is 0 Å². The van der Waals surface area contributed by atoms with Crippen LogP contribution in [0, 0.1) is 0 Å². The van der Waals surface area contributed by atoms with Crippen LogP contribution in [0.1, 0.15) is 15.9 Å². The molecule has 0 bridgehead atoms. The molecule has 1 fully saturated rings. The van der Waals surface area contributed by atoms with Crippen LogP contribution < -0.4 is 4.74 Å². The standard InChI is InChI=1S/C14H14F3NO3/c1-2-10-3-4-11(12(9-10)21-14(15,16)17)13(19)18-5-7-20-8-6-18/h2-4,9H,1,5-8H2. The number of hydrogen-bond donors (Lipinski definition) is 0. The van der Waals surface area contributed by atoms with E-state index >= 15 is 0 Å². The van der Waals surface area contributed by atoms with Gasteiger partial charge in [-0.2, -0.15) is 0 Å². The molecule has 0 aromatic heterocycles. The number of carbonyl (C=O) groups excluding carboxylic acids is 1. The van der Waals surface area contributed by atoms with Crippen molar-refractivity contribution in [1.29, 1.82) is 0 Å². The van der Waals surface area contributed by atoms with Gasteiger partial charge in [-0.05, 0) is 17.7 Å². The first-order chi connectivity index (χ1) is 9.90. The zero-order valence-corrected chi connectivity index (χ0v) is 11.2. The van der Waals surface area contributed by atoms with Crippen molar-refractivity contribution >= 4 is 12.0 Å². The monoisotopic (exact) mass is 301 g/mol. The maximum atomic E-state index is 12.5. The molecule has 1 aromatic carbocycles. The largest absolute Gasteiger partial charge is 0.573 e. The Hall–Kier alpha value is -2.02. The topological polar surface area (TPSA) is 38.8 Å². The number of alkyl halides is 3. The molecule has 7 heteroatoms. The first-order valence-electron chi connectivity index (χ1n) is 6.30. The number of benzene rings is 1. The summed E-state index contributed by atoms with van der Waals surface area (Å²) in [5, 5.41) is 0. The second-order valence-corrected chi connectivity index (χ2v) is 4.41. The second-order valence-electron chi connectivity index (χ2n) is 4.41. The fraction of sp³-hybridized carbons (Fsp3) is 0.357. The van der Waals surface area contributed by atoms with Gasteiger partial charge in [0.25, 0.3) is 5.91 Å². The predicted octanol–water partition coefficient (Wildman–Crippen LogP) is 2.70. The molecule has 0 N–H and O–H groups in total. The normalized spacial score (nSPS) is 15.7. The lowest BCUT2D eigenvalue weighted by Crippen LogP contribution is -2.41. The van der Waals surface area contributed by atoms with E-state index in [1.807, 2.05) is 0 Å². The predicted molar refractivity (Wildman–Crippen MR) is 69.9 cm³/mol. The number of ether oxygens (including phenoxy) is 2. The van der Waals surface area contributed by atoms with Crippen molar-refractivity contribution in [2.75, 3.05) is 26.3 Å². The van der Waals surface area contributed by atoms with Crippen LogP contribution in [-0.2, 0) is 4.74 Å². The fourth-order valence-corrected chi connectivity index (χ4v) is 1.99. The van der Waals surface area contributed by atoms with Crippen molar-refractivity contribution in [3.8, 4) is 5.75 Å². The molecule has 0 saturated carbocycles. The van der Waals surface area contributed by atoms with E-state index in [1.165, 1.54) is 23.1 Å². The zero-order valence-electron chi connectivity index (χ0n) is 11.2. The van der Waals surface area contributed by atoms with E-state index in [1.54, 1.807) is 0 Å². The average molecular weight is 301 g/mol. The van der Waals surface area contributed by atoms with E-state index in [9.17, 15) is 18.0 Å². The van der Waals surface area contributed by atoms with Crippen LogP contribution in [0.4, 0.5) is 13.2 Å². The zero-order chi connectivity index (χ0) is 15.5. The van der Waals surface area contributed by atoms with Gasteiger partial charge in [-0.15, -0.1) is 13.2 Å². The number of rotatable bonds is 3. The summed E-state index contributed by atoms with van der Waals surface area (Å²) in [7, 11) is 0. The van der Waals surface area contributed by atoms with Crippen molar-refractivity contribution in [3.05, 3.63) is 35.9 Å². The van der Waals surface area contributed by atoms with E-state index in [4.69, 9.17) is 4.74 Å². The van der Waals surface area contributed by atoms with Gasteiger partial charge in [-0.3, -0.25) is 4.79 Å². The number of nitrogens with zero attached hydrogens (tertiary/aromatic N) is 1. The maximum Gasteiger partial charge on any atom is 0.573 e. The lowest BCUT2D eigenvalue weighted by molar-refractivity contribution is -0.274. The van der Waals surface area contributed by atoms with Gasteiger partial charge < -0.3 is 14.4 Å². The van der Waals surface area contributed by atoms with Crippen LogP contribution in [0.2, 0.25) is 0 Å². The number of carbonyl (C=O) groups is 1. The Morgan fingerprint density at radius 2 is 2.00 bits per heavy atom. The minimum atomic E-state index is -4.86. The Morgan fingerprint density at radius 3 is 2.57 bits per heavy atom. The molecular formula is C14H14F3NO3. The minimum Gasteiger partial charge on any atom is -0.405 e. The molecule has 21 heavy (non-hydrogen) atoms. The molecular weight excluding hydrogens is 287 g/mol. The van der Waals surface area contributed by atoms with E-state index in [0.29, 0.717) is 31.9 Å². The van der Waals surface area contributed by atoms with Gasteiger partial charge in [0.1, 0.15) is 5.75 Å². The highest BCUT2D eigenvalue weighted by molar-refractivity contribution is 5.97. The van der Waals surface area contributed by atoms with Crippen LogP contribution in [0.15, 0.2) is 24.8 Å². The SMILES string of the molecule is C=Cc1ccc(C(=O)N2CCOCC2)c(OC(F)(F)F)c1. The molecule has 1 heterocycles. The third-order valence-electron chi connectivity index (χ3n) is 3.00. The third kappa shape index (κ3) is 3.98. The molecule has 1 amide bonds. The molecule has 4 nitrogen and oxygen atoms in total. The van der Waals surface area contributed by atoms with Crippen molar-refractivity contribution in [2.24, 2.45) is 0 Å². The molecule has 0 atom stereocenters. The first-order valence-corrected chi connectivity index (χ1v) is 6.30.